The van der Waals surface area contributed by atoms with Gasteiger partial charge in [0.25, 0.3) is 0 Å². The molecule has 0 spiro atoms. The van der Waals surface area contributed by atoms with Gasteiger partial charge in [-0.2, -0.15) is 0 Å². The second-order valence-corrected chi connectivity index (χ2v) is 4.87. The highest BCUT2D eigenvalue weighted by Crippen LogP contribution is 2.45. The molecule has 0 N–H and O–H groups in total. The highest BCUT2D eigenvalue weighted by molar-refractivity contribution is 6.31. The molecule has 0 bridgehead atoms. The van der Waals surface area contributed by atoms with Gasteiger partial charge in [0.2, 0.25) is 0 Å². The molecule has 15 heavy (non-hydrogen) atoms. The summed E-state index contributed by atoms with van der Waals surface area (Å²) < 4.78 is 0. The van der Waals surface area contributed by atoms with Crippen LogP contribution in [-0.2, 0) is 6.42 Å². The lowest BCUT2D eigenvalue weighted by Crippen LogP contribution is -2.04. The molecule has 2 aliphatic rings. The Labute approximate surface area is 95.3 Å². The summed E-state index contributed by atoms with van der Waals surface area (Å²) in [5.74, 6) is 0.686. The van der Waals surface area contributed by atoms with Gasteiger partial charge in [0, 0.05) is 5.02 Å². The topological polar surface area (TPSA) is 0 Å². The van der Waals surface area contributed by atoms with Gasteiger partial charge in [0.15, 0.2) is 0 Å². The van der Waals surface area contributed by atoms with E-state index in [4.69, 9.17) is 11.6 Å². The van der Waals surface area contributed by atoms with Gasteiger partial charge in [0.1, 0.15) is 0 Å². The fourth-order valence-electron chi connectivity index (χ4n) is 2.72. The number of hydrogen-bond acceptors (Lipinski definition) is 0. The third-order valence-electron chi connectivity index (χ3n) is 3.49. The first kappa shape index (κ1) is 9.23. The Morgan fingerprint density at radius 1 is 1.33 bits per heavy atom. The number of halogens is 1. The van der Waals surface area contributed by atoms with Gasteiger partial charge in [0.05, 0.1) is 0 Å². The zero-order valence-corrected chi connectivity index (χ0v) is 9.35. The first-order valence-corrected chi connectivity index (χ1v) is 5.80. The average Bonchev–Trinajstić information content (AvgIpc) is 2.58. The van der Waals surface area contributed by atoms with Crippen LogP contribution in [0.5, 0.6) is 0 Å². The summed E-state index contributed by atoms with van der Waals surface area (Å²) in [5, 5.41) is 0.924. The van der Waals surface area contributed by atoms with E-state index in [1.54, 1.807) is 0 Å². The molecule has 0 heterocycles. The van der Waals surface area contributed by atoms with Gasteiger partial charge in [-0.05, 0) is 47.9 Å². The fraction of sp³-hybridized carbons (Fsp3) is 0.286. The molecule has 2 aliphatic carbocycles. The van der Waals surface area contributed by atoms with E-state index >= 15 is 0 Å². The molecular formula is C14H13Cl. The first-order valence-electron chi connectivity index (χ1n) is 5.43. The maximum atomic E-state index is 6.22. The Hall–Kier alpha value is -1.01. The Kier molecular flexibility index (Phi) is 2.00. The van der Waals surface area contributed by atoms with Crippen LogP contribution in [0, 0.1) is 5.92 Å². The Morgan fingerprint density at radius 2 is 2.20 bits per heavy atom. The molecule has 76 valence electrons. The molecule has 1 atom stereocenters. The minimum atomic E-state index is 0.686. The quantitative estimate of drug-likeness (QED) is 0.609. The minimum Gasteiger partial charge on any atom is -0.0958 e. The van der Waals surface area contributed by atoms with Crippen LogP contribution >= 0.6 is 11.6 Å². The van der Waals surface area contributed by atoms with Crippen molar-refractivity contribution in [2.24, 2.45) is 5.92 Å². The van der Waals surface area contributed by atoms with Crippen molar-refractivity contribution in [3.05, 3.63) is 52.6 Å². The van der Waals surface area contributed by atoms with E-state index in [9.17, 15) is 0 Å². The summed E-state index contributed by atoms with van der Waals surface area (Å²) in [5.41, 5.74) is 5.41. The van der Waals surface area contributed by atoms with Crippen molar-refractivity contribution < 1.29 is 0 Å². The molecule has 0 radical (unpaired) electrons. The molecule has 1 heteroatoms. The van der Waals surface area contributed by atoms with Gasteiger partial charge >= 0.3 is 0 Å². The zero-order valence-electron chi connectivity index (χ0n) is 8.59. The highest BCUT2D eigenvalue weighted by atomic mass is 35.5. The maximum absolute atomic E-state index is 6.22. The Balaban J connectivity index is 2.18. The van der Waals surface area contributed by atoms with Gasteiger partial charge in [-0.15, -0.1) is 0 Å². The zero-order chi connectivity index (χ0) is 10.4. The van der Waals surface area contributed by atoms with E-state index in [1.165, 1.54) is 28.7 Å². The molecule has 0 saturated carbocycles. The highest BCUT2D eigenvalue weighted by Gasteiger charge is 2.30. The van der Waals surface area contributed by atoms with Gasteiger partial charge in [-0.25, -0.2) is 0 Å². The van der Waals surface area contributed by atoms with Crippen molar-refractivity contribution in [2.45, 2.75) is 19.3 Å². The van der Waals surface area contributed by atoms with E-state index in [-0.39, 0.29) is 0 Å². The Morgan fingerprint density at radius 3 is 3.07 bits per heavy atom. The maximum Gasteiger partial charge on any atom is 0.0444 e. The van der Waals surface area contributed by atoms with Crippen molar-refractivity contribution in [3.63, 3.8) is 0 Å². The van der Waals surface area contributed by atoms with Crippen molar-refractivity contribution in [1.82, 2.24) is 0 Å². The van der Waals surface area contributed by atoms with Crippen LogP contribution in [0.1, 0.15) is 24.0 Å². The van der Waals surface area contributed by atoms with Crippen LogP contribution in [0.2, 0.25) is 5.02 Å². The summed E-state index contributed by atoms with van der Waals surface area (Å²) in [6.45, 7) is 4.06. The molecule has 1 unspecified atom stereocenters. The summed E-state index contributed by atoms with van der Waals surface area (Å²) >= 11 is 6.22. The van der Waals surface area contributed by atoms with Gasteiger partial charge in [-0.1, -0.05) is 42.0 Å². The van der Waals surface area contributed by atoms with Crippen LogP contribution in [0.25, 0.3) is 5.57 Å². The predicted octanol–water partition coefficient (Wildman–Crippen LogP) is 4.25. The molecule has 0 aliphatic heterocycles. The van der Waals surface area contributed by atoms with Crippen molar-refractivity contribution >= 4 is 17.2 Å². The Bertz CT molecular complexity index is 468. The number of fused-ring (bicyclic) bond motifs is 3. The minimum absolute atomic E-state index is 0.686. The number of allylic oxidation sites excluding steroid dienone is 3. The lowest BCUT2D eigenvalue weighted by atomic mass is 9.86. The van der Waals surface area contributed by atoms with Crippen molar-refractivity contribution in [2.75, 3.05) is 0 Å². The van der Waals surface area contributed by atoms with E-state index in [0.717, 1.165) is 17.9 Å². The molecule has 3 rings (SSSR count). The van der Waals surface area contributed by atoms with Crippen LogP contribution < -0.4 is 0 Å². The number of hydrogen-bond donors (Lipinski definition) is 0. The molecule has 1 aromatic carbocycles. The summed E-state index contributed by atoms with van der Waals surface area (Å²) in [6, 6.07) is 6.22. The molecule has 0 aromatic heterocycles. The third-order valence-corrected chi connectivity index (χ3v) is 3.85. The van der Waals surface area contributed by atoms with E-state index in [0.29, 0.717) is 5.92 Å². The normalized spacial score (nSPS) is 23.4. The molecule has 1 aromatic rings. The summed E-state index contributed by atoms with van der Waals surface area (Å²) in [7, 11) is 0. The first-order chi connectivity index (χ1) is 7.25. The van der Waals surface area contributed by atoms with Gasteiger partial charge < -0.3 is 0 Å². The fourth-order valence-corrected chi connectivity index (χ4v) is 2.97. The SMILES string of the molecule is C=C1C=C2c3cccc(Cl)c3CC2CC1. The third kappa shape index (κ3) is 1.36. The van der Waals surface area contributed by atoms with E-state index < -0.39 is 0 Å². The molecule has 0 fully saturated rings. The molecule has 0 nitrogen and oxygen atoms in total. The lowest BCUT2D eigenvalue weighted by molar-refractivity contribution is 0.614. The molecule has 0 saturated heterocycles. The van der Waals surface area contributed by atoms with Gasteiger partial charge in [-0.3, -0.25) is 0 Å². The summed E-state index contributed by atoms with van der Waals surface area (Å²) in [4.78, 5) is 0. The van der Waals surface area contributed by atoms with Crippen LogP contribution in [0.15, 0.2) is 36.4 Å². The monoisotopic (exact) mass is 216 g/mol. The van der Waals surface area contributed by atoms with Crippen LogP contribution in [-0.4, -0.2) is 0 Å². The molecule has 0 amide bonds. The summed E-state index contributed by atoms with van der Waals surface area (Å²) in [6.07, 6.45) is 5.75. The second-order valence-electron chi connectivity index (χ2n) is 4.46. The smallest absolute Gasteiger partial charge is 0.0444 e. The van der Waals surface area contributed by atoms with E-state index in [2.05, 4.69) is 18.7 Å². The number of benzene rings is 1. The molecular weight excluding hydrogens is 204 g/mol. The average molecular weight is 217 g/mol. The van der Waals surface area contributed by atoms with Crippen LogP contribution in [0.3, 0.4) is 0 Å². The van der Waals surface area contributed by atoms with Crippen molar-refractivity contribution in [3.8, 4) is 0 Å². The lowest BCUT2D eigenvalue weighted by Gasteiger charge is -2.18. The second kappa shape index (κ2) is 3.24. The van der Waals surface area contributed by atoms with E-state index in [1.807, 2.05) is 12.1 Å². The largest absolute Gasteiger partial charge is 0.0958 e. The predicted molar refractivity (Wildman–Crippen MR) is 65.0 cm³/mol. The number of rotatable bonds is 0. The standard InChI is InChI=1S/C14H13Cl/c1-9-5-6-10-8-13-11(12(10)7-9)3-2-4-14(13)15/h2-4,7,10H,1,5-6,8H2. The van der Waals surface area contributed by atoms with Crippen molar-refractivity contribution in [1.29, 1.82) is 0 Å². The van der Waals surface area contributed by atoms with Crippen LogP contribution in [0.4, 0.5) is 0 Å².